The molecule has 0 saturated heterocycles. The molecule has 0 radical (unpaired) electrons. The van der Waals surface area contributed by atoms with Gasteiger partial charge in [-0.2, -0.15) is 10.1 Å². The fraction of sp³-hybridized carbons (Fsp3) is 0. The van der Waals surface area contributed by atoms with Crippen LogP contribution >= 0.6 is 0 Å². The van der Waals surface area contributed by atoms with Crippen LogP contribution in [0.3, 0.4) is 0 Å². The number of oxazole rings is 1. The monoisotopic (exact) mass is 281 g/mol. The van der Waals surface area contributed by atoms with E-state index < -0.39 is 5.97 Å². The van der Waals surface area contributed by atoms with Gasteiger partial charge in [0.05, 0.1) is 11.8 Å². The summed E-state index contributed by atoms with van der Waals surface area (Å²) in [6, 6.07) is 14.2. The van der Waals surface area contributed by atoms with Crippen LogP contribution in [0.4, 0.5) is 6.01 Å². The third-order valence-electron chi connectivity index (χ3n) is 2.85. The molecule has 0 atom stereocenters. The van der Waals surface area contributed by atoms with Crippen LogP contribution in [-0.4, -0.2) is 22.3 Å². The Kier molecular flexibility index (Phi) is 3.34. The number of anilines is 1. The van der Waals surface area contributed by atoms with Gasteiger partial charge in [0, 0.05) is 5.56 Å². The van der Waals surface area contributed by atoms with Gasteiger partial charge in [-0.15, -0.1) is 0 Å². The van der Waals surface area contributed by atoms with Crippen molar-refractivity contribution in [1.82, 2.24) is 4.98 Å². The molecule has 6 nitrogen and oxygen atoms in total. The first-order chi connectivity index (χ1) is 10.2. The predicted octanol–water partition coefficient (Wildman–Crippen LogP) is 2.97. The molecule has 0 aliphatic rings. The standard InChI is InChI=1S/C15H11N3O3/c19-14(20)11-6-2-1-5-10(11)9-16-18-15-17-12-7-3-4-8-13(12)21-15/h1-9H,(H,17,18)(H,19,20)/b16-9-. The minimum absolute atomic E-state index is 0.181. The summed E-state index contributed by atoms with van der Waals surface area (Å²) in [6.45, 7) is 0. The number of hydrazone groups is 1. The van der Waals surface area contributed by atoms with Gasteiger partial charge in [-0.3, -0.25) is 0 Å². The minimum Gasteiger partial charge on any atom is -0.478 e. The maximum Gasteiger partial charge on any atom is 0.336 e. The van der Waals surface area contributed by atoms with E-state index in [1.165, 1.54) is 12.3 Å². The van der Waals surface area contributed by atoms with Crippen molar-refractivity contribution >= 4 is 29.3 Å². The van der Waals surface area contributed by atoms with Crippen LogP contribution in [0.2, 0.25) is 0 Å². The molecule has 2 aromatic carbocycles. The van der Waals surface area contributed by atoms with E-state index in [9.17, 15) is 4.79 Å². The molecule has 1 aromatic heterocycles. The van der Waals surface area contributed by atoms with Crippen LogP contribution in [0.25, 0.3) is 11.1 Å². The number of aromatic carboxylic acids is 1. The van der Waals surface area contributed by atoms with Gasteiger partial charge in [0.1, 0.15) is 5.52 Å². The van der Waals surface area contributed by atoms with Crippen molar-refractivity contribution in [3.8, 4) is 0 Å². The second-order valence-electron chi connectivity index (χ2n) is 4.25. The molecular formula is C15H11N3O3. The smallest absolute Gasteiger partial charge is 0.336 e. The summed E-state index contributed by atoms with van der Waals surface area (Å²) in [6.07, 6.45) is 1.42. The van der Waals surface area contributed by atoms with Crippen LogP contribution in [0, 0.1) is 0 Å². The molecule has 104 valence electrons. The zero-order chi connectivity index (χ0) is 14.7. The molecule has 3 aromatic rings. The Morgan fingerprint density at radius 2 is 1.95 bits per heavy atom. The zero-order valence-electron chi connectivity index (χ0n) is 10.9. The first-order valence-electron chi connectivity index (χ1n) is 6.21. The first kappa shape index (κ1) is 12.9. The lowest BCUT2D eigenvalue weighted by Gasteiger charge is -1.99. The highest BCUT2D eigenvalue weighted by Gasteiger charge is 2.07. The predicted molar refractivity (Wildman–Crippen MR) is 78.6 cm³/mol. The van der Waals surface area contributed by atoms with Crippen molar-refractivity contribution < 1.29 is 14.3 Å². The second kappa shape index (κ2) is 5.46. The third kappa shape index (κ3) is 2.74. The largest absolute Gasteiger partial charge is 0.478 e. The highest BCUT2D eigenvalue weighted by atomic mass is 16.4. The molecule has 0 unspecified atom stereocenters. The quantitative estimate of drug-likeness (QED) is 0.567. The molecule has 3 rings (SSSR count). The number of rotatable bonds is 4. The fourth-order valence-electron chi connectivity index (χ4n) is 1.88. The van der Waals surface area contributed by atoms with Gasteiger partial charge in [-0.05, 0) is 18.2 Å². The number of nitrogens with one attached hydrogen (secondary N) is 1. The Labute approximate surface area is 119 Å². The maximum atomic E-state index is 11.1. The number of aromatic nitrogens is 1. The van der Waals surface area contributed by atoms with E-state index in [1.807, 2.05) is 18.2 Å². The highest BCUT2D eigenvalue weighted by molar-refractivity contribution is 5.98. The molecule has 21 heavy (non-hydrogen) atoms. The van der Waals surface area contributed by atoms with E-state index in [1.54, 1.807) is 24.3 Å². The highest BCUT2D eigenvalue weighted by Crippen LogP contribution is 2.17. The molecule has 0 spiro atoms. The van der Waals surface area contributed by atoms with Gasteiger partial charge >= 0.3 is 12.0 Å². The average Bonchev–Trinajstić information content (AvgIpc) is 2.90. The topological polar surface area (TPSA) is 87.7 Å². The SMILES string of the molecule is O=C(O)c1ccccc1/C=N\Nc1nc2ccccc2o1. The summed E-state index contributed by atoms with van der Waals surface area (Å²) < 4.78 is 5.43. The van der Waals surface area contributed by atoms with Crippen molar-refractivity contribution in [3.05, 3.63) is 59.7 Å². The van der Waals surface area contributed by atoms with Crippen LogP contribution < -0.4 is 5.43 Å². The van der Waals surface area contributed by atoms with E-state index in [0.29, 0.717) is 11.1 Å². The Morgan fingerprint density at radius 3 is 2.76 bits per heavy atom. The number of nitrogens with zero attached hydrogens (tertiary/aromatic N) is 2. The van der Waals surface area contributed by atoms with E-state index in [-0.39, 0.29) is 11.6 Å². The van der Waals surface area contributed by atoms with Crippen LogP contribution in [-0.2, 0) is 0 Å². The number of carbonyl (C=O) groups is 1. The zero-order valence-corrected chi connectivity index (χ0v) is 10.9. The van der Waals surface area contributed by atoms with Gasteiger partial charge in [-0.25, -0.2) is 10.2 Å². The molecule has 0 amide bonds. The Morgan fingerprint density at radius 1 is 1.19 bits per heavy atom. The Balaban J connectivity index is 1.79. The number of hydrogen-bond acceptors (Lipinski definition) is 5. The minimum atomic E-state index is -1.00. The molecular weight excluding hydrogens is 270 g/mol. The van der Waals surface area contributed by atoms with Gasteiger partial charge in [0.15, 0.2) is 5.58 Å². The van der Waals surface area contributed by atoms with Crippen LogP contribution in [0.1, 0.15) is 15.9 Å². The summed E-state index contributed by atoms with van der Waals surface area (Å²) in [7, 11) is 0. The van der Waals surface area contributed by atoms with E-state index in [2.05, 4.69) is 15.5 Å². The van der Waals surface area contributed by atoms with Gasteiger partial charge in [0.2, 0.25) is 0 Å². The van der Waals surface area contributed by atoms with Crippen molar-refractivity contribution in [3.63, 3.8) is 0 Å². The lowest BCUT2D eigenvalue weighted by Crippen LogP contribution is -2.02. The number of carboxylic acids is 1. The third-order valence-corrected chi connectivity index (χ3v) is 2.85. The Hall–Kier alpha value is -3.15. The van der Waals surface area contributed by atoms with E-state index >= 15 is 0 Å². The van der Waals surface area contributed by atoms with E-state index in [4.69, 9.17) is 9.52 Å². The van der Waals surface area contributed by atoms with Crippen molar-refractivity contribution in [1.29, 1.82) is 0 Å². The van der Waals surface area contributed by atoms with Crippen molar-refractivity contribution in [2.75, 3.05) is 5.43 Å². The summed E-state index contributed by atoms with van der Waals surface area (Å²) in [4.78, 5) is 15.3. The summed E-state index contributed by atoms with van der Waals surface area (Å²) >= 11 is 0. The number of carboxylic acid groups (broad SMARTS) is 1. The summed E-state index contributed by atoms with van der Waals surface area (Å²) in [5, 5.41) is 13.0. The molecule has 0 fully saturated rings. The average molecular weight is 281 g/mol. The molecule has 1 heterocycles. The van der Waals surface area contributed by atoms with Crippen LogP contribution in [0.15, 0.2) is 58.0 Å². The van der Waals surface area contributed by atoms with Gasteiger partial charge in [-0.1, -0.05) is 30.3 Å². The van der Waals surface area contributed by atoms with Crippen LogP contribution in [0.5, 0.6) is 0 Å². The summed E-state index contributed by atoms with van der Waals surface area (Å²) in [5.41, 5.74) is 4.70. The lowest BCUT2D eigenvalue weighted by atomic mass is 10.1. The van der Waals surface area contributed by atoms with E-state index in [0.717, 1.165) is 5.52 Å². The molecule has 0 aliphatic carbocycles. The normalized spacial score (nSPS) is 11.0. The summed E-state index contributed by atoms with van der Waals surface area (Å²) in [5.74, 6) is -1.00. The first-order valence-corrected chi connectivity index (χ1v) is 6.21. The number of hydrogen-bond donors (Lipinski definition) is 2. The Bertz CT molecular complexity index is 791. The van der Waals surface area contributed by atoms with Gasteiger partial charge < -0.3 is 9.52 Å². The van der Waals surface area contributed by atoms with Crippen molar-refractivity contribution in [2.24, 2.45) is 5.10 Å². The molecule has 0 bridgehead atoms. The molecule has 6 heteroatoms. The number of benzene rings is 2. The number of fused-ring (bicyclic) bond motifs is 1. The lowest BCUT2D eigenvalue weighted by molar-refractivity contribution is 0.0697. The van der Waals surface area contributed by atoms with Gasteiger partial charge in [0.25, 0.3) is 0 Å². The van der Waals surface area contributed by atoms with Crippen molar-refractivity contribution in [2.45, 2.75) is 0 Å². The molecule has 0 aliphatic heterocycles. The molecule has 2 N–H and O–H groups in total. The fourth-order valence-corrected chi connectivity index (χ4v) is 1.88. The maximum absolute atomic E-state index is 11.1. The second-order valence-corrected chi connectivity index (χ2v) is 4.25. The number of para-hydroxylation sites is 2. The molecule has 0 saturated carbocycles.